The van der Waals surface area contributed by atoms with Gasteiger partial charge in [-0.25, -0.2) is 9.78 Å². The number of amides is 1. The highest BCUT2D eigenvalue weighted by Crippen LogP contribution is 2.25. The Morgan fingerprint density at radius 1 is 1.32 bits per heavy atom. The Labute approximate surface area is 130 Å². The Bertz CT molecular complexity index is 520. The molecule has 0 spiro atoms. The quantitative estimate of drug-likeness (QED) is 0.889. The van der Waals surface area contributed by atoms with Crippen molar-refractivity contribution in [2.24, 2.45) is 0 Å². The monoisotopic (exact) mass is 308 g/mol. The lowest BCUT2D eigenvalue weighted by atomic mass is 10.2. The van der Waals surface area contributed by atoms with E-state index in [1.54, 1.807) is 4.90 Å². The Morgan fingerprint density at radius 2 is 2.05 bits per heavy atom. The normalized spacial score (nSPS) is 19.3. The second kappa shape index (κ2) is 5.89. The molecule has 0 radical (unpaired) electrons. The van der Waals surface area contributed by atoms with Gasteiger partial charge in [0.25, 0.3) is 0 Å². The predicted molar refractivity (Wildman–Crippen MR) is 80.1 cm³/mol. The number of hydrogen-bond donors (Lipinski definition) is 1. The summed E-state index contributed by atoms with van der Waals surface area (Å²) in [5, 5.41) is 3.33. The average molecular weight is 308 g/mol. The standard InChI is InChI=1S/C15H24N4O3/c1-15(2,3)22-14(20)19-8-11-12(9-19)21-13(17-11)10-18-6-4-16-5-7-18/h16H,4-10H2,1-3H3. The first-order chi connectivity index (χ1) is 10.4. The lowest BCUT2D eigenvalue weighted by Crippen LogP contribution is -2.42. The van der Waals surface area contributed by atoms with Crippen molar-refractivity contribution in [3.05, 3.63) is 17.3 Å². The van der Waals surface area contributed by atoms with Crippen molar-refractivity contribution in [2.45, 2.75) is 46.0 Å². The molecule has 122 valence electrons. The lowest BCUT2D eigenvalue weighted by Gasteiger charge is -2.26. The highest BCUT2D eigenvalue weighted by molar-refractivity contribution is 5.68. The van der Waals surface area contributed by atoms with E-state index < -0.39 is 5.60 Å². The van der Waals surface area contributed by atoms with Crippen molar-refractivity contribution >= 4 is 6.09 Å². The van der Waals surface area contributed by atoms with E-state index in [0.717, 1.165) is 50.1 Å². The van der Waals surface area contributed by atoms with E-state index in [1.165, 1.54) is 0 Å². The van der Waals surface area contributed by atoms with E-state index in [1.807, 2.05) is 20.8 Å². The van der Waals surface area contributed by atoms with Gasteiger partial charge in [0.2, 0.25) is 5.89 Å². The molecule has 0 atom stereocenters. The molecule has 1 aromatic heterocycles. The van der Waals surface area contributed by atoms with E-state index in [2.05, 4.69) is 15.2 Å². The molecule has 1 fully saturated rings. The first kappa shape index (κ1) is 15.3. The van der Waals surface area contributed by atoms with Crippen LogP contribution in [0.1, 0.15) is 38.1 Å². The van der Waals surface area contributed by atoms with Gasteiger partial charge in [0.05, 0.1) is 19.6 Å². The van der Waals surface area contributed by atoms with Crippen LogP contribution >= 0.6 is 0 Å². The summed E-state index contributed by atoms with van der Waals surface area (Å²) >= 11 is 0. The largest absolute Gasteiger partial charge is 0.444 e. The molecule has 0 aliphatic carbocycles. The van der Waals surface area contributed by atoms with Crippen LogP contribution in [-0.4, -0.2) is 52.7 Å². The van der Waals surface area contributed by atoms with Gasteiger partial charge in [0.15, 0.2) is 0 Å². The number of nitrogens with one attached hydrogen (secondary N) is 1. The van der Waals surface area contributed by atoms with Gasteiger partial charge in [-0.05, 0) is 20.8 Å². The Hall–Kier alpha value is -1.60. The van der Waals surface area contributed by atoms with Gasteiger partial charge in [-0.1, -0.05) is 0 Å². The third-order valence-electron chi connectivity index (χ3n) is 3.72. The van der Waals surface area contributed by atoms with Crippen LogP contribution in [0.4, 0.5) is 4.79 Å². The number of rotatable bonds is 2. The minimum absolute atomic E-state index is 0.315. The van der Waals surface area contributed by atoms with Crippen LogP contribution < -0.4 is 5.32 Å². The number of carbonyl (C=O) groups excluding carboxylic acids is 1. The molecule has 2 aliphatic heterocycles. The molecule has 7 heteroatoms. The zero-order valence-corrected chi connectivity index (χ0v) is 13.5. The van der Waals surface area contributed by atoms with Crippen molar-refractivity contribution in [1.82, 2.24) is 20.1 Å². The molecule has 22 heavy (non-hydrogen) atoms. The maximum atomic E-state index is 12.0. The summed E-state index contributed by atoms with van der Waals surface area (Å²) < 4.78 is 11.2. The zero-order valence-electron chi connectivity index (χ0n) is 13.5. The zero-order chi connectivity index (χ0) is 15.7. The number of hydrogen-bond acceptors (Lipinski definition) is 6. The second-order valence-electron chi connectivity index (χ2n) is 6.84. The number of fused-ring (bicyclic) bond motifs is 1. The highest BCUT2D eigenvalue weighted by Gasteiger charge is 2.32. The van der Waals surface area contributed by atoms with Crippen LogP contribution in [-0.2, 0) is 24.4 Å². The summed E-state index contributed by atoms with van der Waals surface area (Å²) in [6.07, 6.45) is -0.315. The maximum Gasteiger partial charge on any atom is 0.411 e. The number of carbonyl (C=O) groups is 1. The van der Waals surface area contributed by atoms with Crippen LogP contribution in [0.2, 0.25) is 0 Å². The molecule has 0 saturated carbocycles. The first-order valence-corrected chi connectivity index (χ1v) is 7.79. The minimum atomic E-state index is -0.484. The molecule has 1 aromatic rings. The van der Waals surface area contributed by atoms with Gasteiger partial charge in [-0.15, -0.1) is 0 Å². The third kappa shape index (κ3) is 3.59. The second-order valence-corrected chi connectivity index (χ2v) is 6.84. The third-order valence-corrected chi connectivity index (χ3v) is 3.72. The molecule has 1 saturated heterocycles. The predicted octanol–water partition coefficient (Wildman–Crippen LogP) is 1.33. The highest BCUT2D eigenvalue weighted by atomic mass is 16.6. The van der Waals surface area contributed by atoms with Gasteiger partial charge in [-0.2, -0.15) is 0 Å². The summed E-state index contributed by atoms with van der Waals surface area (Å²) in [6, 6.07) is 0. The van der Waals surface area contributed by atoms with Crippen LogP contribution in [0.25, 0.3) is 0 Å². The van der Waals surface area contributed by atoms with Gasteiger partial charge in [-0.3, -0.25) is 9.80 Å². The summed E-state index contributed by atoms with van der Waals surface area (Å²) in [5.74, 6) is 1.53. The molecule has 7 nitrogen and oxygen atoms in total. The van der Waals surface area contributed by atoms with Crippen LogP contribution in [0.5, 0.6) is 0 Å². The summed E-state index contributed by atoms with van der Waals surface area (Å²) in [6.45, 7) is 11.3. The smallest absolute Gasteiger partial charge is 0.411 e. The number of piperazine rings is 1. The SMILES string of the molecule is CC(C)(C)OC(=O)N1Cc2nc(CN3CCNCC3)oc2C1. The molecule has 3 rings (SSSR count). The van der Waals surface area contributed by atoms with Crippen molar-refractivity contribution in [1.29, 1.82) is 0 Å². The fourth-order valence-electron chi connectivity index (χ4n) is 2.68. The first-order valence-electron chi connectivity index (χ1n) is 7.79. The molecule has 0 bridgehead atoms. The van der Waals surface area contributed by atoms with Crippen LogP contribution in [0.3, 0.4) is 0 Å². The van der Waals surface area contributed by atoms with Gasteiger partial charge < -0.3 is 14.5 Å². The van der Waals surface area contributed by atoms with Crippen molar-refractivity contribution in [3.63, 3.8) is 0 Å². The van der Waals surface area contributed by atoms with Gasteiger partial charge in [0.1, 0.15) is 17.1 Å². The molecule has 1 N–H and O–H groups in total. The van der Waals surface area contributed by atoms with E-state index in [9.17, 15) is 4.79 Å². The molecule has 1 amide bonds. The molecule has 2 aliphatic rings. The minimum Gasteiger partial charge on any atom is -0.444 e. The number of nitrogens with zero attached hydrogens (tertiary/aromatic N) is 3. The summed E-state index contributed by atoms with van der Waals surface area (Å²) in [4.78, 5) is 20.5. The van der Waals surface area contributed by atoms with Crippen molar-refractivity contribution in [2.75, 3.05) is 26.2 Å². The van der Waals surface area contributed by atoms with E-state index in [4.69, 9.17) is 9.15 Å². The topological polar surface area (TPSA) is 70.8 Å². The fourth-order valence-corrected chi connectivity index (χ4v) is 2.68. The number of ether oxygens (including phenoxy) is 1. The van der Waals surface area contributed by atoms with E-state index >= 15 is 0 Å². The molecule has 0 aromatic carbocycles. The van der Waals surface area contributed by atoms with Crippen LogP contribution in [0.15, 0.2) is 4.42 Å². The van der Waals surface area contributed by atoms with E-state index in [-0.39, 0.29) is 6.09 Å². The Kier molecular flexibility index (Phi) is 4.10. The fraction of sp³-hybridized carbons (Fsp3) is 0.733. The average Bonchev–Trinajstić information content (AvgIpc) is 2.96. The maximum absolute atomic E-state index is 12.0. The van der Waals surface area contributed by atoms with Crippen LogP contribution in [0, 0.1) is 0 Å². The molecular formula is C15H24N4O3. The Balaban J connectivity index is 1.57. The van der Waals surface area contributed by atoms with Crippen molar-refractivity contribution in [3.8, 4) is 0 Å². The van der Waals surface area contributed by atoms with Crippen molar-refractivity contribution < 1.29 is 13.9 Å². The molecule has 0 unspecified atom stereocenters. The number of aromatic nitrogens is 1. The molecule has 3 heterocycles. The van der Waals surface area contributed by atoms with Gasteiger partial charge >= 0.3 is 6.09 Å². The Morgan fingerprint density at radius 3 is 2.68 bits per heavy atom. The summed E-state index contributed by atoms with van der Waals surface area (Å²) in [5.41, 5.74) is 0.373. The summed E-state index contributed by atoms with van der Waals surface area (Å²) in [7, 11) is 0. The van der Waals surface area contributed by atoms with Gasteiger partial charge in [0, 0.05) is 26.2 Å². The van der Waals surface area contributed by atoms with E-state index in [0.29, 0.717) is 13.1 Å². The number of oxazole rings is 1. The molecular weight excluding hydrogens is 284 g/mol. The lowest BCUT2D eigenvalue weighted by molar-refractivity contribution is 0.0230.